The van der Waals surface area contributed by atoms with Crippen LogP contribution in [0.25, 0.3) is 0 Å². The van der Waals surface area contributed by atoms with Gasteiger partial charge in [0.1, 0.15) is 12.4 Å². The molecule has 0 atom stereocenters. The summed E-state index contributed by atoms with van der Waals surface area (Å²) in [5.41, 5.74) is 6.14. The lowest BCUT2D eigenvalue weighted by molar-refractivity contribution is -0.140. The summed E-state index contributed by atoms with van der Waals surface area (Å²) in [4.78, 5) is 11.0. The Balaban J connectivity index is 2.43. The van der Waals surface area contributed by atoms with Crippen molar-refractivity contribution in [2.45, 2.75) is 6.42 Å². The van der Waals surface area contributed by atoms with Crippen molar-refractivity contribution in [2.75, 3.05) is 38.8 Å². The molecule has 1 rings (SSSR count). The molecule has 0 amide bonds. The Morgan fingerprint density at radius 3 is 2.71 bits per heavy atom. The number of methoxy groups -OCH3 is 1. The predicted molar refractivity (Wildman–Crippen MR) is 79.4 cm³/mol. The summed E-state index contributed by atoms with van der Waals surface area (Å²) in [5, 5.41) is 0. The van der Waals surface area contributed by atoms with Gasteiger partial charge in [0.05, 0.1) is 19.3 Å². The number of nitrogen functional groups attached to an aromatic ring is 1. The SMILES string of the molecule is COC(=O)CCN(C)S(=O)(=O)CCOc1cccc(N)c1. The lowest BCUT2D eigenvalue weighted by Crippen LogP contribution is -2.33. The molecular formula is C13H20N2O5S. The van der Waals surface area contributed by atoms with Gasteiger partial charge in [-0.15, -0.1) is 0 Å². The van der Waals surface area contributed by atoms with Crippen molar-refractivity contribution in [1.29, 1.82) is 0 Å². The highest BCUT2D eigenvalue weighted by Gasteiger charge is 2.18. The van der Waals surface area contributed by atoms with Gasteiger partial charge in [-0.25, -0.2) is 12.7 Å². The molecule has 0 spiro atoms. The van der Waals surface area contributed by atoms with Gasteiger partial charge in [-0.05, 0) is 12.1 Å². The van der Waals surface area contributed by atoms with Crippen molar-refractivity contribution in [2.24, 2.45) is 0 Å². The number of esters is 1. The fourth-order valence-electron chi connectivity index (χ4n) is 1.51. The minimum absolute atomic E-state index is 0.00828. The fraction of sp³-hybridized carbons (Fsp3) is 0.462. The number of hydrogen-bond donors (Lipinski definition) is 1. The van der Waals surface area contributed by atoms with Crippen LogP contribution in [0.1, 0.15) is 6.42 Å². The average molecular weight is 316 g/mol. The number of nitrogens with zero attached hydrogens (tertiary/aromatic N) is 1. The maximum Gasteiger partial charge on any atom is 0.306 e. The number of anilines is 1. The van der Waals surface area contributed by atoms with Gasteiger partial charge in [0.15, 0.2) is 0 Å². The number of nitrogens with two attached hydrogens (primary N) is 1. The zero-order valence-electron chi connectivity index (χ0n) is 12.1. The Morgan fingerprint density at radius 1 is 1.38 bits per heavy atom. The van der Waals surface area contributed by atoms with Crippen LogP contribution in [0.15, 0.2) is 24.3 Å². The van der Waals surface area contributed by atoms with Crippen LogP contribution >= 0.6 is 0 Å². The second-order valence-corrected chi connectivity index (χ2v) is 6.58. The van der Waals surface area contributed by atoms with Gasteiger partial charge in [-0.2, -0.15) is 0 Å². The highest BCUT2D eigenvalue weighted by Crippen LogP contribution is 2.14. The van der Waals surface area contributed by atoms with E-state index in [0.29, 0.717) is 11.4 Å². The van der Waals surface area contributed by atoms with Gasteiger partial charge in [0.2, 0.25) is 10.0 Å². The van der Waals surface area contributed by atoms with Gasteiger partial charge in [0.25, 0.3) is 0 Å². The Morgan fingerprint density at radius 2 is 2.10 bits per heavy atom. The molecule has 0 aliphatic carbocycles. The van der Waals surface area contributed by atoms with E-state index in [9.17, 15) is 13.2 Å². The number of carbonyl (C=O) groups is 1. The van der Waals surface area contributed by atoms with Crippen molar-refractivity contribution in [3.05, 3.63) is 24.3 Å². The number of sulfonamides is 1. The maximum atomic E-state index is 12.0. The number of hydrogen-bond acceptors (Lipinski definition) is 6. The standard InChI is InChI=1S/C13H20N2O5S/c1-15(7-6-13(16)19-2)21(17,18)9-8-20-12-5-3-4-11(14)10-12/h3-5,10H,6-9,14H2,1-2H3. The summed E-state index contributed by atoms with van der Waals surface area (Å²) < 4.78 is 34.8. The normalized spacial score (nSPS) is 11.4. The third-order valence-electron chi connectivity index (χ3n) is 2.80. The molecule has 0 aliphatic heterocycles. The number of benzene rings is 1. The number of carbonyl (C=O) groups excluding carboxylic acids is 1. The minimum atomic E-state index is -3.48. The predicted octanol–water partition coefficient (Wildman–Crippen LogP) is 0.472. The molecule has 0 heterocycles. The van der Waals surface area contributed by atoms with Crippen molar-refractivity contribution in [3.63, 3.8) is 0 Å². The first-order valence-electron chi connectivity index (χ1n) is 6.34. The molecule has 1 aromatic rings. The third-order valence-corrected chi connectivity index (χ3v) is 4.62. The van der Waals surface area contributed by atoms with E-state index in [1.165, 1.54) is 14.2 Å². The molecule has 0 unspecified atom stereocenters. The van der Waals surface area contributed by atoms with E-state index in [2.05, 4.69) is 4.74 Å². The molecule has 0 saturated heterocycles. The highest BCUT2D eigenvalue weighted by atomic mass is 32.2. The van der Waals surface area contributed by atoms with Crippen molar-refractivity contribution in [1.82, 2.24) is 4.31 Å². The summed E-state index contributed by atoms with van der Waals surface area (Å²) in [6, 6.07) is 6.75. The summed E-state index contributed by atoms with van der Waals surface area (Å²) >= 11 is 0. The molecule has 0 fully saturated rings. The van der Waals surface area contributed by atoms with E-state index in [-0.39, 0.29) is 25.3 Å². The Bertz CT molecular complexity index is 574. The minimum Gasteiger partial charge on any atom is -0.492 e. The van der Waals surface area contributed by atoms with Crippen molar-refractivity contribution in [3.8, 4) is 5.75 Å². The van der Waals surface area contributed by atoms with E-state index in [0.717, 1.165) is 4.31 Å². The van der Waals surface area contributed by atoms with Gasteiger partial charge < -0.3 is 15.2 Å². The fourth-order valence-corrected chi connectivity index (χ4v) is 2.49. The molecule has 21 heavy (non-hydrogen) atoms. The van der Waals surface area contributed by atoms with Gasteiger partial charge >= 0.3 is 5.97 Å². The lowest BCUT2D eigenvalue weighted by atomic mass is 10.3. The van der Waals surface area contributed by atoms with Crippen LogP contribution < -0.4 is 10.5 Å². The first kappa shape index (κ1) is 17.3. The van der Waals surface area contributed by atoms with Crippen LogP contribution in [-0.2, 0) is 19.6 Å². The van der Waals surface area contributed by atoms with Gasteiger partial charge in [-0.1, -0.05) is 6.07 Å². The van der Waals surface area contributed by atoms with Gasteiger partial charge in [0, 0.05) is 25.3 Å². The largest absolute Gasteiger partial charge is 0.492 e. The average Bonchev–Trinajstić information content (AvgIpc) is 2.44. The quantitative estimate of drug-likeness (QED) is 0.553. The molecule has 0 saturated carbocycles. The molecule has 1 aromatic carbocycles. The number of ether oxygens (including phenoxy) is 2. The van der Waals surface area contributed by atoms with Crippen molar-refractivity contribution >= 4 is 21.7 Å². The van der Waals surface area contributed by atoms with Crippen LogP contribution in [0.4, 0.5) is 5.69 Å². The highest BCUT2D eigenvalue weighted by molar-refractivity contribution is 7.89. The Hall–Kier alpha value is -1.80. The number of rotatable bonds is 8. The summed E-state index contributed by atoms with van der Waals surface area (Å²) in [5.74, 6) is -0.116. The van der Waals surface area contributed by atoms with E-state index in [1.54, 1.807) is 24.3 Å². The molecule has 8 heteroatoms. The molecule has 2 N–H and O–H groups in total. The smallest absolute Gasteiger partial charge is 0.306 e. The third kappa shape index (κ3) is 6.01. The molecule has 0 bridgehead atoms. The Kier molecular flexibility index (Phi) is 6.44. The molecule has 7 nitrogen and oxygen atoms in total. The first-order valence-corrected chi connectivity index (χ1v) is 7.95. The van der Waals surface area contributed by atoms with E-state index in [1.807, 2.05) is 0 Å². The van der Waals surface area contributed by atoms with Gasteiger partial charge in [-0.3, -0.25) is 4.79 Å². The summed E-state index contributed by atoms with van der Waals surface area (Å²) in [6.07, 6.45) is 0.0162. The monoisotopic (exact) mass is 316 g/mol. The van der Waals surface area contributed by atoms with Crippen LogP contribution in [0.5, 0.6) is 5.75 Å². The van der Waals surface area contributed by atoms with E-state index in [4.69, 9.17) is 10.5 Å². The summed E-state index contributed by atoms with van der Waals surface area (Å²) in [7, 11) is -0.800. The molecular weight excluding hydrogens is 296 g/mol. The zero-order valence-corrected chi connectivity index (χ0v) is 12.9. The van der Waals surface area contributed by atoms with E-state index < -0.39 is 16.0 Å². The zero-order chi connectivity index (χ0) is 15.9. The Labute approximate surface area is 124 Å². The molecule has 0 radical (unpaired) electrons. The molecule has 0 aliphatic rings. The molecule has 118 valence electrons. The van der Waals surface area contributed by atoms with Crippen molar-refractivity contribution < 1.29 is 22.7 Å². The maximum absolute atomic E-state index is 12.0. The van der Waals surface area contributed by atoms with Crippen LogP contribution in [0.3, 0.4) is 0 Å². The van der Waals surface area contributed by atoms with Crippen LogP contribution in [0, 0.1) is 0 Å². The second-order valence-electron chi connectivity index (χ2n) is 4.38. The lowest BCUT2D eigenvalue weighted by Gasteiger charge is -2.16. The second kappa shape index (κ2) is 7.84. The topological polar surface area (TPSA) is 98.9 Å². The van der Waals surface area contributed by atoms with E-state index >= 15 is 0 Å². The summed E-state index contributed by atoms with van der Waals surface area (Å²) in [6.45, 7) is 0.0850. The first-order chi connectivity index (χ1) is 9.85. The van der Waals surface area contributed by atoms with Crippen LogP contribution in [-0.4, -0.2) is 51.8 Å². The van der Waals surface area contributed by atoms with Crippen LogP contribution in [0.2, 0.25) is 0 Å². The molecule has 0 aromatic heterocycles.